The molecule has 0 radical (unpaired) electrons. The molecule has 0 spiro atoms. The monoisotopic (exact) mass is 211 g/mol. The number of aromatic nitrogens is 2. The highest BCUT2D eigenvalue weighted by Crippen LogP contribution is 2.21. The van der Waals surface area contributed by atoms with Crippen LogP contribution in [0.2, 0.25) is 0 Å². The maximum absolute atomic E-state index is 5.71. The van der Waals surface area contributed by atoms with Gasteiger partial charge in [0.05, 0.1) is 0 Å². The van der Waals surface area contributed by atoms with E-state index >= 15 is 0 Å². The summed E-state index contributed by atoms with van der Waals surface area (Å²) >= 11 is 3.26. The molecule has 2 aromatic rings. The van der Waals surface area contributed by atoms with Gasteiger partial charge in [0.2, 0.25) is 0 Å². The zero-order chi connectivity index (χ0) is 7.84. The molecule has 0 unspecified atom stereocenters. The van der Waals surface area contributed by atoms with Crippen LogP contribution in [0.15, 0.2) is 22.9 Å². The smallest absolute Gasteiger partial charge is 0.140 e. The Morgan fingerprint density at radius 3 is 3.18 bits per heavy atom. The number of H-pyrrole nitrogens is 1. The zero-order valence-electron chi connectivity index (χ0n) is 5.63. The molecule has 3 N–H and O–H groups in total. The molecule has 11 heavy (non-hydrogen) atoms. The number of rotatable bonds is 0. The molecule has 3 nitrogen and oxygen atoms in total. The van der Waals surface area contributed by atoms with Gasteiger partial charge in [0.15, 0.2) is 0 Å². The van der Waals surface area contributed by atoms with Gasteiger partial charge in [-0.3, -0.25) is 0 Å². The van der Waals surface area contributed by atoms with Crippen molar-refractivity contribution in [1.29, 1.82) is 0 Å². The molecule has 56 valence electrons. The Kier molecular flexibility index (Phi) is 1.35. The Morgan fingerprint density at radius 2 is 2.36 bits per heavy atom. The third-order valence-corrected chi connectivity index (χ3v) is 1.94. The summed E-state index contributed by atoms with van der Waals surface area (Å²) in [5.41, 5.74) is 7.27. The van der Waals surface area contributed by atoms with Crippen LogP contribution >= 0.6 is 15.9 Å². The molecular weight excluding hydrogens is 206 g/mol. The van der Waals surface area contributed by atoms with E-state index < -0.39 is 0 Å². The normalized spacial score (nSPS) is 10.6. The first-order chi connectivity index (χ1) is 5.27. The second kappa shape index (κ2) is 2.23. The number of fused-ring (bicyclic) bond motifs is 1. The molecule has 0 saturated carbocycles. The van der Waals surface area contributed by atoms with Gasteiger partial charge in [0, 0.05) is 17.3 Å². The molecule has 2 aromatic heterocycles. The van der Waals surface area contributed by atoms with Crippen LogP contribution in [0.1, 0.15) is 0 Å². The number of pyridine rings is 1. The number of hydrogen-bond acceptors (Lipinski definition) is 2. The fourth-order valence-electron chi connectivity index (χ4n) is 1.03. The number of nitrogens with two attached hydrogens (primary N) is 1. The summed E-state index contributed by atoms with van der Waals surface area (Å²) in [5, 5.41) is 0.966. The van der Waals surface area contributed by atoms with Crippen molar-refractivity contribution in [3.8, 4) is 0 Å². The van der Waals surface area contributed by atoms with E-state index in [9.17, 15) is 0 Å². The highest BCUT2D eigenvalue weighted by Gasteiger charge is 2.00. The van der Waals surface area contributed by atoms with Gasteiger partial charge in [0.25, 0.3) is 0 Å². The minimum Gasteiger partial charge on any atom is -0.398 e. The van der Waals surface area contributed by atoms with Gasteiger partial charge in [0.1, 0.15) is 10.3 Å². The van der Waals surface area contributed by atoms with Gasteiger partial charge in [-0.05, 0) is 28.1 Å². The van der Waals surface area contributed by atoms with E-state index in [0.29, 0.717) is 0 Å². The summed E-state index contributed by atoms with van der Waals surface area (Å²) in [4.78, 5) is 7.16. The Hall–Kier alpha value is -1.03. The van der Waals surface area contributed by atoms with E-state index in [1.54, 1.807) is 6.07 Å². The zero-order valence-corrected chi connectivity index (χ0v) is 7.22. The lowest BCUT2D eigenvalue weighted by molar-refractivity contribution is 1.29. The summed E-state index contributed by atoms with van der Waals surface area (Å²) in [7, 11) is 0. The number of hydrogen-bond donors (Lipinski definition) is 2. The number of anilines is 1. The van der Waals surface area contributed by atoms with Crippen molar-refractivity contribution in [2.45, 2.75) is 0 Å². The second-order valence-electron chi connectivity index (χ2n) is 2.27. The van der Waals surface area contributed by atoms with E-state index in [0.717, 1.165) is 21.3 Å². The number of nitrogens with zero attached hydrogens (tertiary/aromatic N) is 1. The summed E-state index contributed by atoms with van der Waals surface area (Å²) in [5.74, 6) is 0. The first-order valence-electron chi connectivity index (χ1n) is 3.16. The predicted octanol–water partition coefficient (Wildman–Crippen LogP) is 1.91. The predicted molar refractivity (Wildman–Crippen MR) is 48.2 cm³/mol. The Bertz CT molecular complexity index is 393. The third-order valence-electron chi connectivity index (χ3n) is 1.53. The lowest BCUT2D eigenvalue weighted by atomic mass is 10.3. The molecule has 0 aromatic carbocycles. The molecule has 0 aliphatic rings. The molecule has 0 bridgehead atoms. The van der Waals surface area contributed by atoms with Crippen LogP contribution in [0.25, 0.3) is 11.0 Å². The summed E-state index contributed by atoms with van der Waals surface area (Å²) < 4.78 is 0.755. The molecule has 0 aliphatic carbocycles. The standard InChI is InChI=1S/C7H6BrN3/c8-6-3-5(9)4-1-2-10-7(4)11-6/h1-3H,(H3,9,10,11). The van der Waals surface area contributed by atoms with E-state index in [4.69, 9.17) is 5.73 Å². The quantitative estimate of drug-likeness (QED) is 0.655. The van der Waals surface area contributed by atoms with E-state index in [1.165, 1.54) is 0 Å². The second-order valence-corrected chi connectivity index (χ2v) is 3.09. The highest BCUT2D eigenvalue weighted by atomic mass is 79.9. The van der Waals surface area contributed by atoms with Crippen LogP contribution in [-0.2, 0) is 0 Å². The van der Waals surface area contributed by atoms with Gasteiger partial charge in [-0.15, -0.1) is 0 Å². The van der Waals surface area contributed by atoms with E-state index in [2.05, 4.69) is 25.9 Å². The van der Waals surface area contributed by atoms with Crippen molar-refractivity contribution in [3.63, 3.8) is 0 Å². The van der Waals surface area contributed by atoms with Crippen molar-refractivity contribution in [1.82, 2.24) is 9.97 Å². The topological polar surface area (TPSA) is 54.7 Å². The highest BCUT2D eigenvalue weighted by molar-refractivity contribution is 9.10. The van der Waals surface area contributed by atoms with Gasteiger partial charge < -0.3 is 10.7 Å². The third kappa shape index (κ3) is 0.991. The van der Waals surface area contributed by atoms with Gasteiger partial charge in [-0.1, -0.05) is 0 Å². The van der Waals surface area contributed by atoms with Crippen LogP contribution in [0, 0.1) is 0 Å². The summed E-state index contributed by atoms with van der Waals surface area (Å²) in [6.07, 6.45) is 1.82. The minimum atomic E-state index is 0.739. The number of nitrogens with one attached hydrogen (secondary N) is 1. The van der Waals surface area contributed by atoms with Crippen molar-refractivity contribution >= 4 is 32.7 Å². The van der Waals surface area contributed by atoms with Crippen LogP contribution in [-0.4, -0.2) is 9.97 Å². The van der Waals surface area contributed by atoms with Crippen molar-refractivity contribution in [2.75, 3.05) is 5.73 Å². The fourth-order valence-corrected chi connectivity index (χ4v) is 1.46. The Balaban J connectivity index is 2.91. The molecule has 2 rings (SSSR count). The number of nitrogen functional groups attached to an aromatic ring is 1. The molecule has 4 heteroatoms. The maximum Gasteiger partial charge on any atom is 0.140 e. The van der Waals surface area contributed by atoms with Crippen molar-refractivity contribution in [2.24, 2.45) is 0 Å². The largest absolute Gasteiger partial charge is 0.398 e. The van der Waals surface area contributed by atoms with Gasteiger partial charge in [-0.2, -0.15) is 0 Å². The van der Waals surface area contributed by atoms with E-state index in [1.807, 2.05) is 12.3 Å². The lowest BCUT2D eigenvalue weighted by Gasteiger charge is -1.95. The fraction of sp³-hybridized carbons (Fsp3) is 0. The van der Waals surface area contributed by atoms with Gasteiger partial charge >= 0.3 is 0 Å². The average molecular weight is 212 g/mol. The van der Waals surface area contributed by atoms with Crippen LogP contribution in [0.5, 0.6) is 0 Å². The lowest BCUT2D eigenvalue weighted by Crippen LogP contribution is -1.87. The van der Waals surface area contributed by atoms with Crippen LogP contribution in [0.4, 0.5) is 5.69 Å². The van der Waals surface area contributed by atoms with Crippen LogP contribution < -0.4 is 5.73 Å². The Labute approximate surface area is 71.7 Å². The first kappa shape index (κ1) is 6.67. The average Bonchev–Trinajstić information content (AvgIpc) is 2.34. The molecule has 0 fully saturated rings. The maximum atomic E-state index is 5.71. The Morgan fingerprint density at radius 1 is 1.55 bits per heavy atom. The van der Waals surface area contributed by atoms with Gasteiger partial charge in [-0.25, -0.2) is 4.98 Å². The molecule has 0 aliphatic heterocycles. The summed E-state index contributed by atoms with van der Waals surface area (Å²) in [6, 6.07) is 3.69. The molecule has 0 saturated heterocycles. The van der Waals surface area contributed by atoms with Crippen molar-refractivity contribution in [3.05, 3.63) is 22.9 Å². The molecule has 0 amide bonds. The summed E-state index contributed by atoms with van der Waals surface area (Å²) in [6.45, 7) is 0. The first-order valence-corrected chi connectivity index (χ1v) is 3.96. The minimum absolute atomic E-state index is 0.739. The van der Waals surface area contributed by atoms with Crippen LogP contribution in [0.3, 0.4) is 0 Å². The molecular formula is C7H6BrN3. The molecule has 2 heterocycles. The van der Waals surface area contributed by atoms with E-state index in [-0.39, 0.29) is 0 Å². The SMILES string of the molecule is Nc1cc(Br)nc2[nH]ccc12. The van der Waals surface area contributed by atoms with Crippen molar-refractivity contribution < 1.29 is 0 Å². The number of aromatic amines is 1. The molecule has 0 atom stereocenters. The number of halogens is 1.